The van der Waals surface area contributed by atoms with E-state index < -0.39 is 6.61 Å². The van der Waals surface area contributed by atoms with E-state index in [2.05, 4.69) is 22.9 Å². The van der Waals surface area contributed by atoms with Crippen LogP contribution in [-0.4, -0.2) is 30.2 Å². The molecule has 134 valence electrons. The molecule has 2 aromatic carbocycles. The normalized spacial score (nSPS) is 10.8. The molecule has 0 saturated heterocycles. The van der Waals surface area contributed by atoms with Gasteiger partial charge in [0.25, 0.3) is 0 Å². The molecule has 0 bridgehead atoms. The van der Waals surface area contributed by atoms with Gasteiger partial charge in [0, 0.05) is 18.5 Å². The summed E-state index contributed by atoms with van der Waals surface area (Å²) < 4.78 is 28.6. The van der Waals surface area contributed by atoms with Crippen molar-refractivity contribution in [1.29, 1.82) is 0 Å². The molecule has 0 aromatic heterocycles. The van der Waals surface area contributed by atoms with Crippen LogP contribution in [0.15, 0.2) is 47.4 Å². The van der Waals surface area contributed by atoms with Crippen molar-refractivity contribution in [1.82, 2.24) is 4.90 Å². The highest BCUT2D eigenvalue weighted by Gasteiger charge is 2.11. The van der Waals surface area contributed by atoms with E-state index >= 15 is 0 Å². The van der Waals surface area contributed by atoms with Crippen molar-refractivity contribution in [2.45, 2.75) is 31.9 Å². The largest absolute Gasteiger partial charge is 0.435 e. The monoisotopic (exact) mass is 365 g/mol. The zero-order valence-corrected chi connectivity index (χ0v) is 15.3. The standard InChI is InChI=1S/C19H21F2NO2S/c1-13-4-5-14(2)17(10-13)25-12-18(23)22(3)11-15-6-8-16(9-7-15)24-19(20)21/h4-10,19H,11-12H2,1-3H3. The predicted octanol–water partition coefficient (Wildman–Crippen LogP) is 4.66. The number of benzene rings is 2. The third-order valence-corrected chi connectivity index (χ3v) is 4.83. The molecule has 0 N–H and O–H groups in total. The zero-order valence-electron chi connectivity index (χ0n) is 14.5. The Balaban J connectivity index is 1.88. The van der Waals surface area contributed by atoms with Gasteiger partial charge in [0.2, 0.25) is 5.91 Å². The van der Waals surface area contributed by atoms with Gasteiger partial charge >= 0.3 is 6.61 Å². The molecule has 0 heterocycles. The first-order valence-corrected chi connectivity index (χ1v) is 8.81. The van der Waals surface area contributed by atoms with Gasteiger partial charge < -0.3 is 9.64 Å². The van der Waals surface area contributed by atoms with E-state index in [1.54, 1.807) is 24.1 Å². The van der Waals surface area contributed by atoms with E-state index in [4.69, 9.17) is 0 Å². The fraction of sp³-hybridized carbons (Fsp3) is 0.316. The molecule has 0 spiro atoms. The van der Waals surface area contributed by atoms with Crippen molar-refractivity contribution >= 4 is 17.7 Å². The summed E-state index contributed by atoms with van der Waals surface area (Å²) in [5.74, 6) is 0.477. The summed E-state index contributed by atoms with van der Waals surface area (Å²) in [6, 6.07) is 12.5. The lowest BCUT2D eigenvalue weighted by molar-refractivity contribution is -0.127. The zero-order chi connectivity index (χ0) is 18.4. The van der Waals surface area contributed by atoms with Gasteiger partial charge in [-0.15, -0.1) is 11.8 Å². The molecule has 0 aliphatic carbocycles. The second-order valence-electron chi connectivity index (χ2n) is 5.83. The van der Waals surface area contributed by atoms with Crippen molar-refractivity contribution in [2.75, 3.05) is 12.8 Å². The van der Waals surface area contributed by atoms with Crippen molar-refractivity contribution in [2.24, 2.45) is 0 Å². The van der Waals surface area contributed by atoms with E-state index in [1.807, 2.05) is 13.8 Å². The highest BCUT2D eigenvalue weighted by molar-refractivity contribution is 8.00. The van der Waals surface area contributed by atoms with Crippen LogP contribution in [0.5, 0.6) is 5.75 Å². The van der Waals surface area contributed by atoms with E-state index in [0.29, 0.717) is 12.3 Å². The molecular formula is C19H21F2NO2S. The molecule has 0 aliphatic heterocycles. The van der Waals surface area contributed by atoms with Gasteiger partial charge in [-0.25, -0.2) is 0 Å². The van der Waals surface area contributed by atoms with Gasteiger partial charge in [-0.3, -0.25) is 4.79 Å². The Morgan fingerprint density at radius 1 is 1.16 bits per heavy atom. The lowest BCUT2D eigenvalue weighted by atomic mass is 10.2. The molecule has 2 aromatic rings. The Bertz CT molecular complexity index is 720. The Hall–Kier alpha value is -2.08. The first-order valence-electron chi connectivity index (χ1n) is 7.83. The minimum Gasteiger partial charge on any atom is -0.435 e. The smallest absolute Gasteiger partial charge is 0.387 e. The van der Waals surface area contributed by atoms with E-state index in [1.165, 1.54) is 29.5 Å². The minimum atomic E-state index is -2.84. The van der Waals surface area contributed by atoms with Crippen LogP contribution in [0, 0.1) is 13.8 Å². The summed E-state index contributed by atoms with van der Waals surface area (Å²) in [6.45, 7) is 1.64. The lowest BCUT2D eigenvalue weighted by Gasteiger charge is -2.18. The number of carbonyl (C=O) groups excluding carboxylic acids is 1. The van der Waals surface area contributed by atoms with Gasteiger partial charge in [0.05, 0.1) is 5.75 Å². The van der Waals surface area contributed by atoms with Gasteiger partial charge in [-0.05, 0) is 43.2 Å². The van der Waals surface area contributed by atoms with Gasteiger partial charge in [0.15, 0.2) is 0 Å². The van der Waals surface area contributed by atoms with E-state index in [0.717, 1.165) is 16.0 Å². The summed E-state index contributed by atoms with van der Waals surface area (Å²) in [6.07, 6.45) is 0. The Morgan fingerprint density at radius 3 is 2.48 bits per heavy atom. The summed E-state index contributed by atoms with van der Waals surface area (Å²) in [5.41, 5.74) is 3.18. The maximum absolute atomic E-state index is 12.3. The molecular weight excluding hydrogens is 344 g/mol. The van der Waals surface area contributed by atoms with Crippen molar-refractivity contribution in [3.63, 3.8) is 0 Å². The molecule has 0 saturated carbocycles. The van der Waals surface area contributed by atoms with Crippen LogP contribution < -0.4 is 4.74 Å². The number of nitrogens with zero attached hydrogens (tertiary/aromatic N) is 1. The average molecular weight is 365 g/mol. The summed E-state index contributed by atoms with van der Waals surface area (Å²) in [7, 11) is 1.73. The second kappa shape index (κ2) is 8.85. The molecule has 0 radical (unpaired) electrons. The number of rotatable bonds is 7. The fourth-order valence-electron chi connectivity index (χ4n) is 2.25. The second-order valence-corrected chi connectivity index (χ2v) is 6.85. The van der Waals surface area contributed by atoms with E-state index in [9.17, 15) is 13.6 Å². The van der Waals surface area contributed by atoms with Crippen LogP contribution in [-0.2, 0) is 11.3 Å². The Morgan fingerprint density at radius 2 is 1.84 bits per heavy atom. The Labute approximate surface area is 151 Å². The topological polar surface area (TPSA) is 29.5 Å². The van der Waals surface area contributed by atoms with Crippen LogP contribution in [0.1, 0.15) is 16.7 Å². The van der Waals surface area contributed by atoms with Crippen molar-refractivity contribution in [3.8, 4) is 5.75 Å². The first kappa shape index (κ1) is 19.2. The number of alkyl halides is 2. The van der Waals surface area contributed by atoms with Crippen molar-refractivity contribution < 1.29 is 18.3 Å². The molecule has 25 heavy (non-hydrogen) atoms. The van der Waals surface area contributed by atoms with Crippen LogP contribution in [0.2, 0.25) is 0 Å². The number of aryl methyl sites for hydroxylation is 2. The summed E-state index contributed by atoms with van der Waals surface area (Å²) in [5, 5.41) is 0. The number of hydrogen-bond donors (Lipinski definition) is 0. The molecule has 0 fully saturated rings. The number of hydrogen-bond acceptors (Lipinski definition) is 3. The number of carbonyl (C=O) groups is 1. The van der Waals surface area contributed by atoms with Crippen molar-refractivity contribution in [3.05, 3.63) is 59.2 Å². The molecule has 2 rings (SSSR count). The SMILES string of the molecule is Cc1ccc(C)c(SCC(=O)N(C)Cc2ccc(OC(F)F)cc2)c1. The van der Waals surface area contributed by atoms with Crippen LogP contribution in [0.3, 0.4) is 0 Å². The quantitative estimate of drug-likeness (QED) is 0.669. The number of amides is 1. The number of halogens is 2. The Kier molecular flexibility index (Phi) is 6.82. The minimum absolute atomic E-state index is 0.0128. The predicted molar refractivity (Wildman–Crippen MR) is 96.2 cm³/mol. The first-order chi connectivity index (χ1) is 11.8. The third kappa shape index (κ3) is 6.05. The maximum atomic E-state index is 12.3. The molecule has 0 atom stereocenters. The summed E-state index contributed by atoms with van der Waals surface area (Å²) in [4.78, 5) is 15.0. The highest BCUT2D eigenvalue weighted by Crippen LogP contribution is 2.24. The number of ether oxygens (including phenoxy) is 1. The van der Waals surface area contributed by atoms with Crippen LogP contribution in [0.25, 0.3) is 0 Å². The molecule has 6 heteroatoms. The molecule has 0 aliphatic rings. The van der Waals surface area contributed by atoms with Gasteiger partial charge in [-0.1, -0.05) is 29.8 Å². The summed E-state index contributed by atoms with van der Waals surface area (Å²) >= 11 is 1.52. The van der Waals surface area contributed by atoms with Gasteiger partial charge in [-0.2, -0.15) is 8.78 Å². The lowest BCUT2D eigenvalue weighted by Crippen LogP contribution is -2.27. The maximum Gasteiger partial charge on any atom is 0.387 e. The molecule has 3 nitrogen and oxygen atoms in total. The fourth-order valence-corrected chi connectivity index (χ4v) is 3.32. The van der Waals surface area contributed by atoms with Crippen LogP contribution in [0.4, 0.5) is 8.78 Å². The average Bonchev–Trinajstić information content (AvgIpc) is 2.56. The molecule has 1 amide bonds. The number of thioether (sulfide) groups is 1. The van der Waals surface area contributed by atoms with E-state index in [-0.39, 0.29) is 11.7 Å². The third-order valence-electron chi connectivity index (χ3n) is 3.69. The highest BCUT2D eigenvalue weighted by atomic mass is 32.2. The molecule has 0 unspecified atom stereocenters. The van der Waals surface area contributed by atoms with Gasteiger partial charge in [0.1, 0.15) is 5.75 Å². The van der Waals surface area contributed by atoms with Crippen LogP contribution >= 0.6 is 11.8 Å².